The molecule has 7 heteroatoms. The molecule has 7 nitrogen and oxygen atoms in total. The monoisotopic (exact) mass is 379 g/mol. The molecule has 4 rings (SSSR count). The fourth-order valence-electron chi connectivity index (χ4n) is 3.64. The maximum atomic E-state index is 12.9. The van der Waals surface area contributed by atoms with Crippen molar-refractivity contribution >= 4 is 17.5 Å². The highest BCUT2D eigenvalue weighted by Crippen LogP contribution is 2.40. The number of pyridine rings is 1. The fraction of sp³-hybridized carbons (Fsp3) is 0.286. The highest BCUT2D eigenvalue weighted by molar-refractivity contribution is 5.97. The van der Waals surface area contributed by atoms with E-state index in [1.165, 1.54) is 0 Å². The van der Waals surface area contributed by atoms with Gasteiger partial charge in [-0.05, 0) is 35.9 Å². The number of aromatic nitrogens is 1. The number of ether oxygens (including phenoxy) is 2. The van der Waals surface area contributed by atoms with Crippen LogP contribution in [0.3, 0.4) is 0 Å². The van der Waals surface area contributed by atoms with E-state index in [1.807, 2.05) is 24.3 Å². The third-order valence-electron chi connectivity index (χ3n) is 5.05. The minimum Gasteiger partial charge on any atom is -0.497 e. The molecule has 2 aromatic rings. The van der Waals surface area contributed by atoms with Gasteiger partial charge in [0.1, 0.15) is 5.75 Å². The topological polar surface area (TPSA) is 89.5 Å². The van der Waals surface area contributed by atoms with Crippen molar-refractivity contribution in [1.29, 1.82) is 0 Å². The molecule has 2 aliphatic heterocycles. The molecule has 0 spiro atoms. The third kappa shape index (κ3) is 3.61. The van der Waals surface area contributed by atoms with Gasteiger partial charge in [0.2, 0.25) is 11.8 Å². The average molecular weight is 379 g/mol. The Balaban J connectivity index is 1.44. The fourth-order valence-corrected chi connectivity index (χ4v) is 3.64. The first-order chi connectivity index (χ1) is 13.7. The van der Waals surface area contributed by atoms with Gasteiger partial charge in [-0.1, -0.05) is 18.2 Å². The van der Waals surface area contributed by atoms with Crippen LogP contribution in [0.25, 0.3) is 0 Å². The van der Waals surface area contributed by atoms with Crippen LogP contribution in [0.4, 0.5) is 5.69 Å². The summed E-state index contributed by atoms with van der Waals surface area (Å²) in [6, 6.07) is 10.8. The molecule has 4 atom stereocenters. The Morgan fingerprint density at radius 3 is 2.43 bits per heavy atom. The normalized spacial score (nSPS) is 24.8. The zero-order chi connectivity index (χ0) is 19.5. The minimum absolute atomic E-state index is 0.199. The van der Waals surface area contributed by atoms with Gasteiger partial charge >= 0.3 is 0 Å². The summed E-state index contributed by atoms with van der Waals surface area (Å²) in [6.07, 6.45) is 6.32. The molecule has 0 saturated carbocycles. The first-order valence-corrected chi connectivity index (χ1v) is 9.11. The van der Waals surface area contributed by atoms with Crippen LogP contribution >= 0.6 is 0 Å². The second-order valence-electron chi connectivity index (χ2n) is 6.80. The Hall–Kier alpha value is -3.19. The predicted octanol–water partition coefficient (Wildman–Crippen LogP) is 1.91. The van der Waals surface area contributed by atoms with Gasteiger partial charge in [0.15, 0.2) is 0 Å². The van der Waals surface area contributed by atoms with E-state index in [0.717, 1.165) is 5.56 Å². The van der Waals surface area contributed by atoms with Crippen molar-refractivity contribution < 1.29 is 19.1 Å². The molecule has 2 N–H and O–H groups in total. The first-order valence-electron chi connectivity index (χ1n) is 9.11. The minimum atomic E-state index is -0.578. The lowest BCUT2D eigenvalue weighted by Crippen LogP contribution is -2.44. The summed E-state index contributed by atoms with van der Waals surface area (Å²) in [6.45, 7) is 0.358. The highest BCUT2D eigenvalue weighted by Gasteiger charge is 2.52. The zero-order valence-electron chi connectivity index (χ0n) is 15.4. The number of amides is 2. The van der Waals surface area contributed by atoms with E-state index in [4.69, 9.17) is 9.47 Å². The van der Waals surface area contributed by atoms with Crippen LogP contribution in [0.15, 0.2) is 60.9 Å². The van der Waals surface area contributed by atoms with E-state index < -0.39 is 17.9 Å². The van der Waals surface area contributed by atoms with Crippen molar-refractivity contribution in [1.82, 2.24) is 10.3 Å². The number of benzene rings is 1. The molecule has 2 bridgehead atoms. The Morgan fingerprint density at radius 2 is 1.79 bits per heavy atom. The van der Waals surface area contributed by atoms with Gasteiger partial charge in [-0.3, -0.25) is 14.6 Å². The Morgan fingerprint density at radius 1 is 1.07 bits per heavy atom. The van der Waals surface area contributed by atoms with Gasteiger partial charge in [0.25, 0.3) is 0 Å². The van der Waals surface area contributed by atoms with E-state index in [9.17, 15) is 9.59 Å². The van der Waals surface area contributed by atoms with Gasteiger partial charge in [0, 0.05) is 24.6 Å². The quantitative estimate of drug-likeness (QED) is 0.749. The molecule has 2 amide bonds. The van der Waals surface area contributed by atoms with Crippen LogP contribution in [-0.2, 0) is 20.9 Å². The summed E-state index contributed by atoms with van der Waals surface area (Å²) >= 11 is 0. The molecule has 28 heavy (non-hydrogen) atoms. The van der Waals surface area contributed by atoms with Crippen LogP contribution in [-0.4, -0.2) is 36.1 Å². The first kappa shape index (κ1) is 18.2. The number of anilines is 1. The lowest BCUT2D eigenvalue weighted by Gasteiger charge is -2.23. The Kier molecular flexibility index (Phi) is 5.08. The molecule has 1 aromatic heterocycles. The number of carbonyl (C=O) groups is 2. The molecular formula is C21H21N3O4. The average Bonchev–Trinajstić information content (AvgIpc) is 3.35. The Bertz CT molecular complexity index is 882. The van der Waals surface area contributed by atoms with Crippen molar-refractivity contribution in [3.05, 3.63) is 66.5 Å². The van der Waals surface area contributed by atoms with Gasteiger partial charge < -0.3 is 20.1 Å². The van der Waals surface area contributed by atoms with Crippen LogP contribution in [0.5, 0.6) is 5.75 Å². The largest absolute Gasteiger partial charge is 0.497 e. The summed E-state index contributed by atoms with van der Waals surface area (Å²) in [5.74, 6) is -0.869. The van der Waals surface area contributed by atoms with Crippen molar-refractivity contribution in [2.75, 3.05) is 12.4 Å². The molecule has 1 aromatic carbocycles. The molecule has 144 valence electrons. The lowest BCUT2D eigenvalue weighted by molar-refractivity contribution is -0.131. The molecule has 2 aliphatic rings. The number of methoxy groups -OCH3 is 1. The van der Waals surface area contributed by atoms with Crippen LogP contribution in [0.1, 0.15) is 5.56 Å². The Labute approximate surface area is 162 Å². The SMILES string of the molecule is COc1ccc(NC(=O)[C@H]2[C@@H](C(=O)NCc3cccnc3)[C@@H]3C=C[C@@H]2O3)cc1. The number of nitrogens with zero attached hydrogens (tertiary/aromatic N) is 1. The van der Waals surface area contributed by atoms with Crippen molar-refractivity contribution in [3.8, 4) is 5.75 Å². The molecule has 1 saturated heterocycles. The summed E-state index contributed by atoms with van der Waals surface area (Å²) in [7, 11) is 1.58. The summed E-state index contributed by atoms with van der Waals surface area (Å²) in [4.78, 5) is 29.8. The third-order valence-corrected chi connectivity index (χ3v) is 5.05. The molecule has 3 heterocycles. The lowest BCUT2D eigenvalue weighted by atomic mass is 9.81. The number of hydrogen-bond donors (Lipinski definition) is 2. The predicted molar refractivity (Wildman–Crippen MR) is 102 cm³/mol. The van der Waals surface area contributed by atoms with E-state index >= 15 is 0 Å². The summed E-state index contributed by atoms with van der Waals surface area (Å²) in [5.41, 5.74) is 1.54. The van der Waals surface area contributed by atoms with E-state index in [0.29, 0.717) is 18.0 Å². The second kappa shape index (κ2) is 7.82. The van der Waals surface area contributed by atoms with E-state index in [1.54, 1.807) is 43.8 Å². The van der Waals surface area contributed by atoms with Crippen molar-refractivity contribution in [3.63, 3.8) is 0 Å². The number of fused-ring (bicyclic) bond motifs is 2. The van der Waals surface area contributed by atoms with Crippen LogP contribution in [0.2, 0.25) is 0 Å². The molecule has 1 fully saturated rings. The molecule has 0 aliphatic carbocycles. The standard InChI is InChI=1S/C21H21N3O4/c1-27-15-6-4-14(5-7-15)24-21(26)19-17-9-8-16(28-17)18(19)20(25)23-12-13-3-2-10-22-11-13/h2-11,16-19H,12H2,1H3,(H,23,25)(H,24,26)/t16-,17-,18-,19+/m0/s1. The summed E-state index contributed by atoms with van der Waals surface area (Å²) in [5, 5.41) is 5.78. The maximum absolute atomic E-state index is 12.9. The smallest absolute Gasteiger partial charge is 0.231 e. The molecular weight excluding hydrogens is 358 g/mol. The van der Waals surface area contributed by atoms with E-state index in [-0.39, 0.29) is 17.9 Å². The maximum Gasteiger partial charge on any atom is 0.231 e. The van der Waals surface area contributed by atoms with Gasteiger partial charge in [-0.25, -0.2) is 0 Å². The van der Waals surface area contributed by atoms with Gasteiger partial charge in [-0.15, -0.1) is 0 Å². The van der Waals surface area contributed by atoms with Gasteiger partial charge in [0.05, 0.1) is 31.2 Å². The summed E-state index contributed by atoms with van der Waals surface area (Å²) < 4.78 is 10.9. The van der Waals surface area contributed by atoms with E-state index in [2.05, 4.69) is 15.6 Å². The number of hydrogen-bond acceptors (Lipinski definition) is 5. The second-order valence-corrected chi connectivity index (χ2v) is 6.80. The number of nitrogens with one attached hydrogen (secondary N) is 2. The number of carbonyl (C=O) groups excluding carboxylic acids is 2. The highest BCUT2D eigenvalue weighted by atomic mass is 16.5. The molecule has 0 radical (unpaired) electrons. The van der Waals surface area contributed by atoms with Gasteiger partial charge in [-0.2, -0.15) is 0 Å². The van der Waals surface area contributed by atoms with Crippen LogP contribution < -0.4 is 15.4 Å². The number of rotatable bonds is 6. The van der Waals surface area contributed by atoms with Crippen molar-refractivity contribution in [2.45, 2.75) is 18.8 Å². The zero-order valence-corrected chi connectivity index (χ0v) is 15.4. The van der Waals surface area contributed by atoms with Crippen molar-refractivity contribution in [2.24, 2.45) is 11.8 Å². The molecule has 0 unspecified atom stereocenters. The van der Waals surface area contributed by atoms with Crippen LogP contribution in [0, 0.1) is 11.8 Å².